The number of hydrogen-bond donors (Lipinski definition) is 0. The van der Waals surface area contributed by atoms with E-state index in [1.54, 1.807) is 31.4 Å². The highest BCUT2D eigenvalue weighted by atomic mass is 79.9. The van der Waals surface area contributed by atoms with Crippen molar-refractivity contribution in [3.63, 3.8) is 0 Å². The Kier molecular flexibility index (Phi) is 5.07. The molecular formula is C16H13BrF2O2. The zero-order valence-electron chi connectivity index (χ0n) is 11.3. The Labute approximate surface area is 129 Å². The van der Waals surface area contributed by atoms with Gasteiger partial charge >= 0.3 is 0 Å². The summed E-state index contributed by atoms with van der Waals surface area (Å²) in [4.78, 5) is 12.0. The second kappa shape index (κ2) is 6.80. The minimum absolute atomic E-state index is 0.120. The largest absolute Gasteiger partial charge is 0.497 e. The van der Waals surface area contributed by atoms with E-state index in [1.807, 2.05) is 0 Å². The number of Topliss-reactive ketones (excluding diaryl/α,β-unsaturated/α-hetero) is 1. The molecule has 110 valence electrons. The van der Waals surface area contributed by atoms with E-state index in [0.29, 0.717) is 5.75 Å². The molecule has 0 aliphatic carbocycles. The van der Waals surface area contributed by atoms with Crippen molar-refractivity contribution in [1.82, 2.24) is 0 Å². The van der Waals surface area contributed by atoms with Crippen LogP contribution in [0.5, 0.6) is 5.75 Å². The number of carbonyl (C=O) groups is 1. The monoisotopic (exact) mass is 354 g/mol. The SMILES string of the molecule is COc1ccc(CC(=O)Cc2c(F)ccc(Br)c2F)cc1. The van der Waals surface area contributed by atoms with E-state index in [-0.39, 0.29) is 28.7 Å². The van der Waals surface area contributed by atoms with Crippen LogP contribution in [0.2, 0.25) is 0 Å². The highest BCUT2D eigenvalue weighted by Gasteiger charge is 2.16. The second-order valence-corrected chi connectivity index (χ2v) is 5.42. The zero-order valence-corrected chi connectivity index (χ0v) is 12.9. The Morgan fingerprint density at radius 1 is 1.10 bits per heavy atom. The number of rotatable bonds is 5. The van der Waals surface area contributed by atoms with Gasteiger partial charge in [0, 0.05) is 18.4 Å². The standard InChI is InChI=1S/C16H13BrF2O2/c1-21-12-4-2-10(3-5-12)8-11(20)9-13-15(18)7-6-14(17)16(13)19/h2-7H,8-9H2,1H3. The minimum atomic E-state index is -0.724. The molecule has 21 heavy (non-hydrogen) atoms. The van der Waals surface area contributed by atoms with Crippen molar-refractivity contribution in [3.8, 4) is 5.75 Å². The number of ketones is 1. The molecule has 0 saturated heterocycles. The second-order valence-electron chi connectivity index (χ2n) is 4.56. The maximum Gasteiger partial charge on any atom is 0.143 e. The Bertz CT molecular complexity index is 654. The van der Waals surface area contributed by atoms with Crippen LogP contribution >= 0.6 is 15.9 Å². The molecule has 2 rings (SSSR count). The summed E-state index contributed by atoms with van der Waals surface area (Å²) in [7, 11) is 1.55. The highest BCUT2D eigenvalue weighted by molar-refractivity contribution is 9.10. The predicted octanol–water partition coefficient (Wildman–Crippen LogP) is 4.09. The lowest BCUT2D eigenvalue weighted by Gasteiger charge is -2.07. The first-order valence-corrected chi connectivity index (χ1v) is 7.07. The number of methoxy groups -OCH3 is 1. The van der Waals surface area contributed by atoms with Crippen molar-refractivity contribution in [1.29, 1.82) is 0 Å². The van der Waals surface area contributed by atoms with Crippen molar-refractivity contribution in [2.24, 2.45) is 0 Å². The van der Waals surface area contributed by atoms with Gasteiger partial charge in [0.05, 0.1) is 11.6 Å². The fraction of sp³-hybridized carbons (Fsp3) is 0.188. The van der Waals surface area contributed by atoms with Gasteiger partial charge in [-0.2, -0.15) is 0 Å². The molecular weight excluding hydrogens is 342 g/mol. The molecule has 5 heteroatoms. The molecule has 2 aromatic rings. The summed E-state index contributed by atoms with van der Waals surface area (Å²) in [6.45, 7) is 0. The molecule has 0 heterocycles. The van der Waals surface area contributed by atoms with Crippen LogP contribution in [-0.2, 0) is 17.6 Å². The molecule has 0 atom stereocenters. The summed E-state index contributed by atoms with van der Waals surface area (Å²) in [6, 6.07) is 9.41. The lowest BCUT2D eigenvalue weighted by molar-refractivity contribution is -0.117. The minimum Gasteiger partial charge on any atom is -0.497 e. The molecule has 0 unspecified atom stereocenters. The summed E-state index contributed by atoms with van der Waals surface area (Å²) < 4.78 is 32.6. The molecule has 0 fully saturated rings. The summed E-state index contributed by atoms with van der Waals surface area (Å²) in [5, 5.41) is 0. The fourth-order valence-corrected chi connectivity index (χ4v) is 2.33. The lowest BCUT2D eigenvalue weighted by Crippen LogP contribution is -2.10. The van der Waals surface area contributed by atoms with E-state index >= 15 is 0 Å². The van der Waals surface area contributed by atoms with Crippen LogP contribution in [0.3, 0.4) is 0 Å². The number of halogens is 3. The van der Waals surface area contributed by atoms with E-state index in [0.717, 1.165) is 11.6 Å². The summed E-state index contributed by atoms with van der Waals surface area (Å²) in [5.41, 5.74) is 0.569. The summed E-state index contributed by atoms with van der Waals surface area (Å²) in [5.74, 6) is -0.997. The van der Waals surface area contributed by atoms with Crippen molar-refractivity contribution in [2.45, 2.75) is 12.8 Å². The van der Waals surface area contributed by atoms with Gasteiger partial charge in [-0.05, 0) is 45.8 Å². The number of hydrogen-bond acceptors (Lipinski definition) is 2. The molecule has 0 aliphatic heterocycles. The maximum atomic E-state index is 13.8. The van der Waals surface area contributed by atoms with Gasteiger partial charge in [0.15, 0.2) is 0 Å². The van der Waals surface area contributed by atoms with Gasteiger partial charge in [-0.3, -0.25) is 4.79 Å². The molecule has 0 amide bonds. The summed E-state index contributed by atoms with van der Waals surface area (Å²) in [6.07, 6.45) is -0.154. The maximum absolute atomic E-state index is 13.8. The Balaban J connectivity index is 2.09. The van der Waals surface area contributed by atoms with E-state index in [1.165, 1.54) is 6.07 Å². The third-order valence-corrected chi connectivity index (χ3v) is 3.69. The molecule has 2 nitrogen and oxygen atoms in total. The molecule has 0 spiro atoms. The Hall–Kier alpha value is -1.75. The number of carbonyl (C=O) groups excluding carboxylic acids is 1. The molecule has 0 saturated carbocycles. The first-order valence-electron chi connectivity index (χ1n) is 6.28. The zero-order chi connectivity index (χ0) is 15.4. The third kappa shape index (κ3) is 3.88. The highest BCUT2D eigenvalue weighted by Crippen LogP contribution is 2.22. The number of ether oxygens (including phenoxy) is 1. The van der Waals surface area contributed by atoms with E-state index in [2.05, 4.69) is 15.9 Å². The predicted molar refractivity (Wildman–Crippen MR) is 79.5 cm³/mol. The van der Waals surface area contributed by atoms with E-state index < -0.39 is 11.6 Å². The van der Waals surface area contributed by atoms with Crippen LogP contribution in [0.15, 0.2) is 40.9 Å². The molecule has 0 aromatic heterocycles. The van der Waals surface area contributed by atoms with Gasteiger partial charge in [0.1, 0.15) is 23.2 Å². The average Bonchev–Trinajstić information content (AvgIpc) is 2.48. The van der Waals surface area contributed by atoms with Gasteiger partial charge in [0.2, 0.25) is 0 Å². The molecule has 0 bridgehead atoms. The first-order chi connectivity index (χ1) is 10.0. The van der Waals surface area contributed by atoms with Crippen molar-refractivity contribution in [3.05, 3.63) is 63.6 Å². The van der Waals surface area contributed by atoms with Crippen molar-refractivity contribution in [2.75, 3.05) is 7.11 Å². The van der Waals surface area contributed by atoms with Crippen LogP contribution in [0, 0.1) is 11.6 Å². The van der Waals surface area contributed by atoms with Crippen LogP contribution in [-0.4, -0.2) is 12.9 Å². The van der Waals surface area contributed by atoms with Crippen LogP contribution in [0.25, 0.3) is 0 Å². The van der Waals surface area contributed by atoms with Crippen molar-refractivity contribution < 1.29 is 18.3 Å². The average molecular weight is 355 g/mol. The van der Waals surface area contributed by atoms with Gasteiger partial charge < -0.3 is 4.74 Å². The van der Waals surface area contributed by atoms with Gasteiger partial charge in [0.25, 0.3) is 0 Å². The van der Waals surface area contributed by atoms with Crippen LogP contribution < -0.4 is 4.74 Å². The first kappa shape index (κ1) is 15.6. The number of benzene rings is 2. The normalized spacial score (nSPS) is 10.5. The molecule has 2 aromatic carbocycles. The summed E-state index contributed by atoms with van der Waals surface area (Å²) >= 11 is 2.99. The molecule has 0 aliphatic rings. The fourth-order valence-electron chi connectivity index (χ4n) is 1.96. The molecule has 0 N–H and O–H groups in total. The lowest BCUT2D eigenvalue weighted by atomic mass is 10.0. The Morgan fingerprint density at radius 3 is 2.38 bits per heavy atom. The quantitative estimate of drug-likeness (QED) is 0.756. The van der Waals surface area contributed by atoms with Gasteiger partial charge in [-0.15, -0.1) is 0 Å². The van der Waals surface area contributed by atoms with E-state index in [9.17, 15) is 13.6 Å². The Morgan fingerprint density at radius 2 is 1.76 bits per heavy atom. The molecule has 0 radical (unpaired) electrons. The third-order valence-electron chi connectivity index (χ3n) is 3.07. The smallest absolute Gasteiger partial charge is 0.143 e. The van der Waals surface area contributed by atoms with Crippen LogP contribution in [0.4, 0.5) is 8.78 Å². The van der Waals surface area contributed by atoms with Crippen molar-refractivity contribution >= 4 is 21.7 Å². The van der Waals surface area contributed by atoms with Gasteiger partial charge in [-0.25, -0.2) is 8.78 Å². The topological polar surface area (TPSA) is 26.3 Å². The van der Waals surface area contributed by atoms with Crippen LogP contribution in [0.1, 0.15) is 11.1 Å². The van der Waals surface area contributed by atoms with E-state index in [4.69, 9.17) is 4.74 Å². The van der Waals surface area contributed by atoms with Gasteiger partial charge in [-0.1, -0.05) is 12.1 Å².